The largest absolute Gasteiger partial charge is 0.488 e. The summed E-state index contributed by atoms with van der Waals surface area (Å²) in [4.78, 5) is 18.0. The van der Waals surface area contributed by atoms with Crippen LogP contribution in [-0.4, -0.2) is 34.6 Å². The summed E-state index contributed by atoms with van der Waals surface area (Å²) < 4.78 is 36.2. The van der Waals surface area contributed by atoms with Crippen molar-refractivity contribution in [3.8, 4) is 5.75 Å². The fourth-order valence-corrected chi connectivity index (χ4v) is 5.14. The molecule has 0 saturated carbocycles. The third-order valence-electron chi connectivity index (χ3n) is 6.80. The quantitative estimate of drug-likeness (QED) is 0.461. The molecule has 2 aliphatic heterocycles. The molecule has 4 aromatic rings. The SMILES string of the molecule is CN1CC[C@H](n2c(=O)[nH]c3cc(C=C4c5ccc(F)cc5OCc5c(F)cccc54)ccc32)C1. The number of fused-ring (bicyclic) bond motifs is 3. The number of H-pyrrole nitrogens is 1. The number of aromatic amines is 1. The van der Waals surface area contributed by atoms with Gasteiger partial charge in [-0.1, -0.05) is 18.2 Å². The van der Waals surface area contributed by atoms with E-state index in [1.54, 1.807) is 12.1 Å². The standard InChI is InChI=1S/C27H23F2N3O2/c1-31-10-9-18(14-31)32-25-8-5-16(12-24(25)30-27(32)33)11-21-19-3-2-4-23(29)22(19)15-34-26-13-17(28)6-7-20(21)26/h2-8,11-13,18H,9-10,14-15H2,1H3,(H,30,33)/t18-/m0/s1. The molecular weight excluding hydrogens is 436 g/mol. The van der Waals surface area contributed by atoms with Crippen LogP contribution in [0.4, 0.5) is 8.78 Å². The normalized spacial score (nSPS) is 19.1. The van der Waals surface area contributed by atoms with Gasteiger partial charge in [0.2, 0.25) is 0 Å². The Kier molecular flexibility index (Phi) is 4.88. The monoisotopic (exact) mass is 459 g/mol. The lowest BCUT2D eigenvalue weighted by molar-refractivity contribution is 0.299. The van der Waals surface area contributed by atoms with Crippen LogP contribution in [0.15, 0.2) is 59.4 Å². The van der Waals surface area contributed by atoms with Crippen LogP contribution in [0.1, 0.15) is 34.7 Å². The maximum Gasteiger partial charge on any atom is 0.326 e. The van der Waals surface area contributed by atoms with E-state index in [-0.39, 0.29) is 24.2 Å². The van der Waals surface area contributed by atoms with Crippen LogP contribution in [0.3, 0.4) is 0 Å². The fraction of sp³-hybridized carbons (Fsp3) is 0.222. The van der Waals surface area contributed by atoms with Crippen LogP contribution in [0.2, 0.25) is 0 Å². The summed E-state index contributed by atoms with van der Waals surface area (Å²) in [5, 5.41) is 0. The van der Waals surface area contributed by atoms with Crippen molar-refractivity contribution in [1.82, 2.24) is 14.5 Å². The van der Waals surface area contributed by atoms with Crippen molar-refractivity contribution >= 4 is 22.7 Å². The van der Waals surface area contributed by atoms with Crippen LogP contribution in [0.25, 0.3) is 22.7 Å². The highest BCUT2D eigenvalue weighted by Gasteiger charge is 2.25. The van der Waals surface area contributed by atoms with E-state index in [1.165, 1.54) is 18.2 Å². The van der Waals surface area contributed by atoms with Crippen molar-refractivity contribution in [2.45, 2.75) is 19.1 Å². The molecule has 1 N–H and O–H groups in total. The smallest absolute Gasteiger partial charge is 0.326 e. The van der Waals surface area contributed by atoms with Gasteiger partial charge in [-0.2, -0.15) is 0 Å². The number of hydrogen-bond acceptors (Lipinski definition) is 3. The zero-order chi connectivity index (χ0) is 23.4. The van der Waals surface area contributed by atoms with Crippen molar-refractivity contribution in [3.63, 3.8) is 0 Å². The molecule has 2 aliphatic rings. The number of nitrogens with one attached hydrogen (secondary N) is 1. The highest BCUT2D eigenvalue weighted by Crippen LogP contribution is 2.39. The van der Waals surface area contributed by atoms with Gasteiger partial charge in [-0.25, -0.2) is 13.6 Å². The Morgan fingerprint density at radius 3 is 2.79 bits per heavy atom. The van der Waals surface area contributed by atoms with Gasteiger partial charge in [0.25, 0.3) is 0 Å². The Balaban J connectivity index is 1.51. The van der Waals surface area contributed by atoms with E-state index in [4.69, 9.17) is 4.74 Å². The maximum absolute atomic E-state index is 14.7. The lowest BCUT2D eigenvalue weighted by atomic mass is 9.92. The molecule has 172 valence electrons. The Morgan fingerprint density at radius 2 is 1.97 bits per heavy atom. The van der Waals surface area contributed by atoms with Gasteiger partial charge >= 0.3 is 5.69 Å². The van der Waals surface area contributed by atoms with Crippen molar-refractivity contribution in [3.05, 3.63) is 99.0 Å². The first-order chi connectivity index (χ1) is 16.5. The second-order valence-corrected chi connectivity index (χ2v) is 9.03. The zero-order valence-electron chi connectivity index (χ0n) is 18.6. The average Bonchev–Trinajstić information content (AvgIpc) is 3.33. The predicted octanol–water partition coefficient (Wildman–Crippen LogP) is 4.97. The average molecular weight is 459 g/mol. The molecular formula is C27H23F2N3O2. The third-order valence-corrected chi connectivity index (χ3v) is 6.80. The second kappa shape index (κ2) is 7.95. The van der Waals surface area contributed by atoms with Crippen molar-refractivity contribution in [1.29, 1.82) is 0 Å². The second-order valence-electron chi connectivity index (χ2n) is 9.03. The van der Waals surface area contributed by atoms with Crippen molar-refractivity contribution in [2.75, 3.05) is 20.1 Å². The first-order valence-electron chi connectivity index (χ1n) is 11.3. The predicted molar refractivity (Wildman–Crippen MR) is 128 cm³/mol. The lowest BCUT2D eigenvalue weighted by Gasteiger charge is -2.13. The zero-order valence-corrected chi connectivity index (χ0v) is 18.6. The molecule has 5 nitrogen and oxygen atoms in total. The van der Waals surface area contributed by atoms with Crippen molar-refractivity contribution in [2.24, 2.45) is 0 Å². The van der Waals surface area contributed by atoms with Gasteiger partial charge in [-0.05, 0) is 73.1 Å². The van der Waals surface area contributed by atoms with E-state index in [2.05, 4.69) is 16.9 Å². The molecule has 1 saturated heterocycles. The van der Waals surface area contributed by atoms with E-state index < -0.39 is 5.82 Å². The molecule has 1 fully saturated rings. The summed E-state index contributed by atoms with van der Waals surface area (Å²) in [7, 11) is 2.06. The van der Waals surface area contributed by atoms with Gasteiger partial charge in [0.15, 0.2) is 0 Å². The van der Waals surface area contributed by atoms with Crippen LogP contribution in [0.5, 0.6) is 5.75 Å². The number of likely N-dealkylation sites (tertiary alicyclic amines) is 1. The minimum Gasteiger partial charge on any atom is -0.488 e. The molecule has 34 heavy (non-hydrogen) atoms. The van der Waals surface area contributed by atoms with E-state index in [0.29, 0.717) is 22.4 Å². The number of imidazole rings is 1. The lowest BCUT2D eigenvalue weighted by Crippen LogP contribution is -2.24. The van der Waals surface area contributed by atoms with Crippen molar-refractivity contribution < 1.29 is 13.5 Å². The van der Waals surface area contributed by atoms with Gasteiger partial charge in [0.1, 0.15) is 24.0 Å². The number of nitrogens with zero attached hydrogens (tertiary/aromatic N) is 2. The highest BCUT2D eigenvalue weighted by molar-refractivity contribution is 5.95. The molecule has 0 unspecified atom stereocenters. The minimum absolute atomic E-state index is 0.0147. The number of benzene rings is 3. The summed E-state index contributed by atoms with van der Waals surface area (Å²) in [6.45, 7) is 1.82. The summed E-state index contributed by atoms with van der Waals surface area (Å²) in [5.74, 6) is -0.412. The highest BCUT2D eigenvalue weighted by atomic mass is 19.1. The summed E-state index contributed by atoms with van der Waals surface area (Å²) in [6.07, 6.45) is 2.87. The fourth-order valence-electron chi connectivity index (χ4n) is 5.14. The molecule has 1 atom stereocenters. The van der Waals surface area contributed by atoms with Gasteiger partial charge < -0.3 is 14.6 Å². The maximum atomic E-state index is 14.7. The summed E-state index contributed by atoms with van der Waals surface area (Å²) in [6, 6.07) is 15.2. The Bertz CT molecular complexity index is 1520. The number of aromatic nitrogens is 2. The number of halogens is 2. The molecule has 3 aromatic carbocycles. The number of ether oxygens (including phenoxy) is 1. The van der Waals surface area contributed by atoms with Gasteiger partial charge in [0.05, 0.1) is 17.1 Å². The Morgan fingerprint density at radius 1 is 1.09 bits per heavy atom. The summed E-state index contributed by atoms with van der Waals surface area (Å²) in [5.41, 5.74) is 4.89. The van der Waals surface area contributed by atoms with Gasteiger partial charge in [-0.3, -0.25) is 4.57 Å². The Labute approximate surface area is 194 Å². The molecule has 0 radical (unpaired) electrons. The van der Waals surface area contributed by atoms with E-state index >= 15 is 0 Å². The minimum atomic E-state index is -0.414. The third kappa shape index (κ3) is 3.44. The molecule has 0 aliphatic carbocycles. The van der Waals surface area contributed by atoms with Crippen LogP contribution < -0.4 is 10.4 Å². The van der Waals surface area contributed by atoms with E-state index in [9.17, 15) is 13.6 Å². The first kappa shape index (κ1) is 20.9. The molecule has 0 spiro atoms. The molecule has 0 bridgehead atoms. The van der Waals surface area contributed by atoms with Crippen LogP contribution >= 0.6 is 0 Å². The van der Waals surface area contributed by atoms with E-state index in [1.807, 2.05) is 34.9 Å². The number of rotatable bonds is 2. The molecule has 3 heterocycles. The number of likely N-dealkylation sites (N-methyl/N-ethyl adjacent to an activating group) is 1. The summed E-state index contributed by atoms with van der Waals surface area (Å²) >= 11 is 0. The van der Waals surface area contributed by atoms with Gasteiger partial charge in [0, 0.05) is 23.7 Å². The molecule has 0 amide bonds. The van der Waals surface area contributed by atoms with E-state index in [0.717, 1.165) is 41.7 Å². The van der Waals surface area contributed by atoms with Crippen LogP contribution in [-0.2, 0) is 6.61 Å². The Hall–Kier alpha value is -3.71. The molecule has 6 rings (SSSR count). The molecule has 7 heteroatoms. The number of hydrogen-bond donors (Lipinski definition) is 1. The topological polar surface area (TPSA) is 50.3 Å². The van der Waals surface area contributed by atoms with Gasteiger partial charge in [-0.15, -0.1) is 0 Å². The first-order valence-corrected chi connectivity index (χ1v) is 11.3. The van der Waals surface area contributed by atoms with Crippen LogP contribution in [0, 0.1) is 11.6 Å². The molecule has 1 aromatic heterocycles.